The molecule has 0 bridgehead atoms. The van der Waals surface area contributed by atoms with Crippen LogP contribution in [0.4, 0.5) is 0 Å². The standard InChI is InChI=1S/C16H23N3O2.HI/c1-3-9-17-16(18-10-8-14-6-4-11-20-14)19(2)13-15-7-5-12-21-15;/h4-7,11-12H,3,8-10,13H2,1-2H3,(H,17,18);1H. The van der Waals surface area contributed by atoms with Crippen molar-refractivity contribution in [2.24, 2.45) is 4.99 Å². The fraction of sp³-hybridized carbons (Fsp3) is 0.438. The normalized spacial score (nSPS) is 11.1. The summed E-state index contributed by atoms with van der Waals surface area (Å²) < 4.78 is 10.7. The molecule has 122 valence electrons. The third-order valence-corrected chi connectivity index (χ3v) is 3.05. The van der Waals surface area contributed by atoms with Crippen molar-refractivity contribution in [2.45, 2.75) is 26.3 Å². The monoisotopic (exact) mass is 417 g/mol. The predicted molar refractivity (Wildman–Crippen MR) is 98.6 cm³/mol. The van der Waals surface area contributed by atoms with E-state index in [4.69, 9.17) is 8.83 Å². The van der Waals surface area contributed by atoms with E-state index >= 15 is 0 Å². The molecule has 0 fully saturated rings. The van der Waals surface area contributed by atoms with Crippen LogP contribution in [0.3, 0.4) is 0 Å². The summed E-state index contributed by atoms with van der Waals surface area (Å²) in [4.78, 5) is 6.67. The first-order chi connectivity index (χ1) is 10.3. The van der Waals surface area contributed by atoms with Gasteiger partial charge in [0, 0.05) is 26.6 Å². The van der Waals surface area contributed by atoms with Crippen LogP contribution in [-0.2, 0) is 13.0 Å². The molecule has 2 heterocycles. The van der Waals surface area contributed by atoms with Gasteiger partial charge in [0.05, 0.1) is 19.1 Å². The van der Waals surface area contributed by atoms with Crippen LogP contribution in [0.25, 0.3) is 0 Å². The van der Waals surface area contributed by atoms with E-state index in [1.165, 1.54) is 0 Å². The highest BCUT2D eigenvalue weighted by atomic mass is 127. The van der Waals surface area contributed by atoms with Gasteiger partial charge in [0.15, 0.2) is 5.96 Å². The average Bonchev–Trinajstić information content (AvgIpc) is 3.15. The zero-order valence-corrected chi connectivity index (χ0v) is 15.4. The summed E-state index contributed by atoms with van der Waals surface area (Å²) in [5.41, 5.74) is 0. The molecule has 0 amide bonds. The van der Waals surface area contributed by atoms with Crippen molar-refractivity contribution in [3.63, 3.8) is 0 Å². The molecule has 0 radical (unpaired) electrons. The Labute approximate surface area is 148 Å². The quantitative estimate of drug-likeness (QED) is 0.426. The van der Waals surface area contributed by atoms with E-state index in [-0.39, 0.29) is 24.0 Å². The van der Waals surface area contributed by atoms with Gasteiger partial charge in [0.2, 0.25) is 0 Å². The lowest BCUT2D eigenvalue weighted by atomic mass is 10.3. The number of furan rings is 2. The van der Waals surface area contributed by atoms with Crippen molar-refractivity contribution in [3.8, 4) is 0 Å². The summed E-state index contributed by atoms with van der Waals surface area (Å²) in [6, 6.07) is 7.76. The van der Waals surface area contributed by atoms with Crippen LogP contribution < -0.4 is 5.32 Å². The SMILES string of the molecule is CCCN=C(NCCc1ccco1)N(C)Cc1ccco1.I. The first-order valence-electron chi connectivity index (χ1n) is 7.33. The number of rotatable bonds is 7. The zero-order valence-electron chi connectivity index (χ0n) is 13.1. The Hall–Kier alpha value is -1.44. The highest BCUT2D eigenvalue weighted by Crippen LogP contribution is 2.04. The molecule has 6 heteroatoms. The van der Waals surface area contributed by atoms with Crippen molar-refractivity contribution in [1.29, 1.82) is 0 Å². The largest absolute Gasteiger partial charge is 0.469 e. The van der Waals surface area contributed by atoms with Gasteiger partial charge in [0.1, 0.15) is 11.5 Å². The van der Waals surface area contributed by atoms with E-state index in [9.17, 15) is 0 Å². The van der Waals surface area contributed by atoms with Crippen molar-refractivity contribution in [3.05, 3.63) is 48.3 Å². The molecule has 0 aliphatic heterocycles. The second-order valence-electron chi connectivity index (χ2n) is 4.90. The molecule has 2 rings (SSSR count). The molecule has 0 saturated carbocycles. The summed E-state index contributed by atoms with van der Waals surface area (Å²) in [5.74, 6) is 2.79. The molecule has 0 aliphatic carbocycles. The van der Waals surface area contributed by atoms with Gasteiger partial charge in [-0.05, 0) is 30.7 Å². The summed E-state index contributed by atoms with van der Waals surface area (Å²) in [6.07, 6.45) is 5.26. The van der Waals surface area contributed by atoms with E-state index in [2.05, 4.69) is 22.1 Å². The van der Waals surface area contributed by atoms with Gasteiger partial charge in [0.25, 0.3) is 0 Å². The first kappa shape index (κ1) is 18.6. The Morgan fingerprint density at radius 1 is 1.18 bits per heavy atom. The lowest BCUT2D eigenvalue weighted by Gasteiger charge is -2.21. The Morgan fingerprint density at radius 3 is 2.45 bits per heavy atom. The zero-order chi connectivity index (χ0) is 14.9. The van der Waals surface area contributed by atoms with E-state index in [0.717, 1.165) is 43.4 Å². The molecule has 5 nitrogen and oxygen atoms in total. The smallest absolute Gasteiger partial charge is 0.194 e. The average molecular weight is 417 g/mol. The van der Waals surface area contributed by atoms with Gasteiger partial charge in [-0.25, -0.2) is 0 Å². The number of guanidine groups is 1. The maximum absolute atomic E-state index is 5.38. The minimum absolute atomic E-state index is 0. The highest BCUT2D eigenvalue weighted by Gasteiger charge is 2.08. The molecule has 0 aliphatic rings. The molecule has 22 heavy (non-hydrogen) atoms. The molecule has 1 N–H and O–H groups in total. The predicted octanol–water partition coefficient (Wildman–Crippen LogP) is 3.52. The summed E-state index contributed by atoms with van der Waals surface area (Å²) >= 11 is 0. The van der Waals surface area contributed by atoms with Gasteiger partial charge in [-0.3, -0.25) is 4.99 Å². The minimum atomic E-state index is 0. The van der Waals surface area contributed by atoms with Crippen LogP contribution in [0.5, 0.6) is 0 Å². The fourth-order valence-corrected chi connectivity index (χ4v) is 1.99. The minimum Gasteiger partial charge on any atom is -0.469 e. The maximum Gasteiger partial charge on any atom is 0.194 e. The Morgan fingerprint density at radius 2 is 1.86 bits per heavy atom. The van der Waals surface area contributed by atoms with Crippen LogP contribution in [0.1, 0.15) is 24.9 Å². The van der Waals surface area contributed by atoms with Crippen LogP contribution in [-0.4, -0.2) is 31.0 Å². The van der Waals surface area contributed by atoms with E-state index < -0.39 is 0 Å². The van der Waals surface area contributed by atoms with Gasteiger partial charge in [-0.15, -0.1) is 24.0 Å². The molecule has 0 unspecified atom stereocenters. The molecule has 2 aromatic rings. The lowest BCUT2D eigenvalue weighted by Crippen LogP contribution is -2.39. The van der Waals surface area contributed by atoms with Crippen molar-refractivity contribution in [2.75, 3.05) is 20.1 Å². The summed E-state index contributed by atoms with van der Waals surface area (Å²) in [6.45, 7) is 4.42. The van der Waals surface area contributed by atoms with Gasteiger partial charge in [-0.2, -0.15) is 0 Å². The molecule has 0 spiro atoms. The molecular formula is C16H24IN3O2. The van der Waals surface area contributed by atoms with Crippen LogP contribution >= 0.6 is 24.0 Å². The third-order valence-electron chi connectivity index (χ3n) is 3.05. The molecule has 0 aromatic carbocycles. The number of hydrogen-bond acceptors (Lipinski definition) is 3. The van der Waals surface area contributed by atoms with Crippen molar-refractivity contribution in [1.82, 2.24) is 10.2 Å². The third kappa shape index (κ3) is 6.13. The highest BCUT2D eigenvalue weighted by molar-refractivity contribution is 14.0. The van der Waals surface area contributed by atoms with Crippen molar-refractivity contribution < 1.29 is 8.83 Å². The number of halogens is 1. The first-order valence-corrected chi connectivity index (χ1v) is 7.33. The number of nitrogens with one attached hydrogen (secondary N) is 1. The maximum atomic E-state index is 5.38. The number of nitrogens with zero attached hydrogens (tertiary/aromatic N) is 2. The van der Waals surface area contributed by atoms with Gasteiger partial charge >= 0.3 is 0 Å². The topological polar surface area (TPSA) is 53.9 Å². The van der Waals surface area contributed by atoms with Crippen LogP contribution in [0.2, 0.25) is 0 Å². The number of aliphatic imine (C=N–C) groups is 1. The number of hydrogen-bond donors (Lipinski definition) is 1. The molecule has 2 aromatic heterocycles. The Balaban J connectivity index is 0.00000242. The molecule has 0 atom stereocenters. The lowest BCUT2D eigenvalue weighted by molar-refractivity contribution is 0.398. The van der Waals surface area contributed by atoms with E-state index in [0.29, 0.717) is 6.54 Å². The van der Waals surface area contributed by atoms with E-state index in [1.807, 2.05) is 31.3 Å². The van der Waals surface area contributed by atoms with Crippen LogP contribution in [0, 0.1) is 0 Å². The molecular weight excluding hydrogens is 393 g/mol. The van der Waals surface area contributed by atoms with Gasteiger partial charge in [-0.1, -0.05) is 6.92 Å². The Bertz CT molecular complexity index is 524. The molecule has 0 saturated heterocycles. The summed E-state index contributed by atoms with van der Waals surface area (Å²) in [5, 5.41) is 3.38. The second kappa shape index (κ2) is 10.3. The van der Waals surface area contributed by atoms with Crippen molar-refractivity contribution >= 4 is 29.9 Å². The second-order valence-corrected chi connectivity index (χ2v) is 4.90. The fourth-order valence-electron chi connectivity index (χ4n) is 1.99. The van der Waals surface area contributed by atoms with Crippen LogP contribution in [0.15, 0.2) is 50.6 Å². The van der Waals surface area contributed by atoms with E-state index in [1.54, 1.807) is 12.5 Å². The summed E-state index contributed by atoms with van der Waals surface area (Å²) in [7, 11) is 2.01. The Kier molecular flexibility index (Phi) is 8.72. The van der Waals surface area contributed by atoms with Gasteiger partial charge < -0.3 is 19.1 Å².